The average Bonchev–Trinajstić information content (AvgIpc) is 3.02. The first-order valence-corrected chi connectivity index (χ1v) is 6.27. The molecule has 0 aliphatic heterocycles. The van der Waals surface area contributed by atoms with Crippen LogP contribution >= 0.6 is 0 Å². The third-order valence-corrected chi connectivity index (χ3v) is 2.97. The van der Waals surface area contributed by atoms with E-state index >= 15 is 0 Å². The highest BCUT2D eigenvalue weighted by Crippen LogP contribution is 2.30. The second kappa shape index (κ2) is 5.87. The molecule has 0 amide bonds. The van der Waals surface area contributed by atoms with Crippen LogP contribution in [-0.2, 0) is 13.1 Å². The molecule has 0 radical (unpaired) electrons. The van der Waals surface area contributed by atoms with Gasteiger partial charge in [-0.3, -0.25) is 4.90 Å². The third-order valence-electron chi connectivity index (χ3n) is 2.97. The van der Waals surface area contributed by atoms with Crippen molar-refractivity contribution in [1.82, 2.24) is 15.0 Å². The Morgan fingerprint density at radius 2 is 2.11 bits per heavy atom. The van der Waals surface area contributed by atoms with Crippen molar-refractivity contribution in [2.24, 2.45) is 11.7 Å². The summed E-state index contributed by atoms with van der Waals surface area (Å²) in [5.74, 6) is 1.20. The van der Waals surface area contributed by atoms with E-state index in [1.54, 1.807) is 4.90 Å². The molecule has 0 bridgehead atoms. The molecule has 0 unspecified atom stereocenters. The highest BCUT2D eigenvalue weighted by molar-refractivity contribution is 4.87. The third kappa shape index (κ3) is 5.15. The lowest BCUT2D eigenvalue weighted by molar-refractivity contribution is -0.138. The summed E-state index contributed by atoms with van der Waals surface area (Å²) >= 11 is 0. The maximum Gasteiger partial charge on any atom is 0.390 e. The lowest BCUT2D eigenvalue weighted by Crippen LogP contribution is -2.30. The van der Waals surface area contributed by atoms with E-state index in [2.05, 4.69) is 10.1 Å². The smallest absolute Gasteiger partial charge is 0.338 e. The standard InChI is InChI=1S/C11H17F3N4O/c12-11(13,14)3-4-18(6-8-1-2-8)7-9-16-10(5-15)19-17-9/h8H,1-7,15H2. The van der Waals surface area contributed by atoms with E-state index in [9.17, 15) is 13.2 Å². The Morgan fingerprint density at radius 3 is 2.63 bits per heavy atom. The number of aromatic nitrogens is 2. The first kappa shape index (κ1) is 14.3. The minimum atomic E-state index is -4.14. The topological polar surface area (TPSA) is 68.2 Å². The Kier molecular flexibility index (Phi) is 4.41. The Morgan fingerprint density at radius 1 is 1.37 bits per heavy atom. The summed E-state index contributed by atoms with van der Waals surface area (Å²) in [5, 5.41) is 3.71. The van der Waals surface area contributed by atoms with Gasteiger partial charge in [-0.2, -0.15) is 18.2 Å². The Hall–Kier alpha value is -1.15. The van der Waals surface area contributed by atoms with E-state index in [4.69, 9.17) is 10.3 Å². The number of halogens is 3. The number of rotatable bonds is 7. The Balaban J connectivity index is 1.88. The highest BCUT2D eigenvalue weighted by Gasteiger charge is 2.30. The molecule has 1 fully saturated rings. The molecule has 1 aliphatic rings. The summed E-state index contributed by atoms with van der Waals surface area (Å²) in [6.45, 7) is 1.03. The molecule has 1 aromatic heterocycles. The molecule has 8 heteroatoms. The molecule has 1 heterocycles. The summed E-state index contributed by atoms with van der Waals surface area (Å²) in [4.78, 5) is 5.75. The van der Waals surface area contributed by atoms with Gasteiger partial charge in [0.05, 0.1) is 19.5 Å². The minimum absolute atomic E-state index is 0.0352. The molecule has 0 aromatic carbocycles. The molecule has 2 N–H and O–H groups in total. The van der Waals surface area contributed by atoms with Gasteiger partial charge in [0, 0.05) is 13.1 Å². The van der Waals surface area contributed by atoms with Crippen LogP contribution in [0.15, 0.2) is 4.52 Å². The molecule has 1 saturated carbocycles. The SMILES string of the molecule is NCc1nc(CN(CCC(F)(F)F)CC2CC2)no1. The van der Waals surface area contributed by atoms with Crippen LogP contribution in [-0.4, -0.2) is 34.3 Å². The van der Waals surface area contributed by atoms with Crippen LogP contribution in [0.1, 0.15) is 31.0 Å². The predicted molar refractivity (Wildman–Crippen MR) is 60.9 cm³/mol. The van der Waals surface area contributed by atoms with Crippen LogP contribution < -0.4 is 5.73 Å². The van der Waals surface area contributed by atoms with E-state index in [-0.39, 0.29) is 19.6 Å². The molecule has 1 aromatic rings. The van der Waals surface area contributed by atoms with Gasteiger partial charge >= 0.3 is 6.18 Å². The van der Waals surface area contributed by atoms with E-state index in [1.165, 1.54) is 0 Å². The van der Waals surface area contributed by atoms with Gasteiger partial charge in [-0.1, -0.05) is 5.16 Å². The molecule has 1 aliphatic carbocycles. The van der Waals surface area contributed by atoms with Crippen molar-refractivity contribution in [1.29, 1.82) is 0 Å². The van der Waals surface area contributed by atoms with Crippen molar-refractivity contribution in [3.63, 3.8) is 0 Å². The Labute approximate surface area is 108 Å². The van der Waals surface area contributed by atoms with E-state index < -0.39 is 12.6 Å². The van der Waals surface area contributed by atoms with Gasteiger partial charge in [0.15, 0.2) is 5.82 Å². The maximum absolute atomic E-state index is 12.3. The molecular formula is C11H17F3N4O. The van der Waals surface area contributed by atoms with Crippen molar-refractivity contribution in [2.75, 3.05) is 13.1 Å². The maximum atomic E-state index is 12.3. The quantitative estimate of drug-likeness (QED) is 0.822. The molecular weight excluding hydrogens is 261 g/mol. The van der Waals surface area contributed by atoms with Crippen LogP contribution in [0.3, 0.4) is 0 Å². The van der Waals surface area contributed by atoms with Gasteiger partial charge in [-0.05, 0) is 18.8 Å². The largest absolute Gasteiger partial charge is 0.390 e. The average molecular weight is 278 g/mol. The molecule has 0 spiro atoms. The van der Waals surface area contributed by atoms with Gasteiger partial charge in [-0.25, -0.2) is 0 Å². The molecule has 5 nitrogen and oxygen atoms in total. The normalized spacial score (nSPS) is 16.3. The van der Waals surface area contributed by atoms with E-state index in [0.29, 0.717) is 24.2 Å². The van der Waals surface area contributed by atoms with Gasteiger partial charge in [0.2, 0.25) is 5.89 Å². The van der Waals surface area contributed by atoms with Crippen molar-refractivity contribution in [3.05, 3.63) is 11.7 Å². The van der Waals surface area contributed by atoms with Crippen LogP contribution in [0.4, 0.5) is 13.2 Å². The van der Waals surface area contributed by atoms with Gasteiger partial charge < -0.3 is 10.3 Å². The summed E-state index contributed by atoms with van der Waals surface area (Å²) in [6.07, 6.45) is -2.78. The van der Waals surface area contributed by atoms with Crippen molar-refractivity contribution in [3.8, 4) is 0 Å². The number of nitrogens with two attached hydrogens (primary N) is 1. The summed E-state index contributed by atoms with van der Waals surface area (Å²) in [5.41, 5.74) is 5.34. The first-order chi connectivity index (χ1) is 8.96. The number of hydrogen-bond acceptors (Lipinski definition) is 5. The predicted octanol–water partition coefficient (Wildman–Crippen LogP) is 1.69. The molecule has 108 valence electrons. The summed E-state index contributed by atoms with van der Waals surface area (Å²) in [7, 11) is 0. The Bertz CT molecular complexity index is 403. The zero-order valence-electron chi connectivity index (χ0n) is 10.5. The lowest BCUT2D eigenvalue weighted by atomic mass is 10.3. The van der Waals surface area contributed by atoms with Crippen LogP contribution in [0, 0.1) is 5.92 Å². The zero-order valence-corrected chi connectivity index (χ0v) is 10.5. The second-order valence-electron chi connectivity index (χ2n) is 4.85. The van der Waals surface area contributed by atoms with Crippen molar-refractivity contribution in [2.45, 2.75) is 38.5 Å². The monoisotopic (exact) mass is 278 g/mol. The summed E-state index contributed by atoms with van der Waals surface area (Å²) in [6, 6.07) is 0. The molecule has 19 heavy (non-hydrogen) atoms. The molecule has 0 atom stereocenters. The second-order valence-corrected chi connectivity index (χ2v) is 4.85. The van der Waals surface area contributed by atoms with Crippen LogP contribution in [0.5, 0.6) is 0 Å². The van der Waals surface area contributed by atoms with Crippen LogP contribution in [0.2, 0.25) is 0 Å². The van der Waals surface area contributed by atoms with E-state index in [0.717, 1.165) is 12.8 Å². The fourth-order valence-corrected chi connectivity index (χ4v) is 1.82. The first-order valence-electron chi connectivity index (χ1n) is 6.27. The fourth-order valence-electron chi connectivity index (χ4n) is 1.82. The summed E-state index contributed by atoms with van der Waals surface area (Å²) < 4.78 is 41.7. The van der Waals surface area contributed by atoms with Gasteiger partial charge in [-0.15, -0.1) is 0 Å². The fraction of sp³-hybridized carbons (Fsp3) is 0.818. The van der Waals surface area contributed by atoms with E-state index in [1.807, 2.05) is 0 Å². The minimum Gasteiger partial charge on any atom is -0.338 e. The molecule has 0 saturated heterocycles. The lowest BCUT2D eigenvalue weighted by Gasteiger charge is -2.21. The number of hydrogen-bond donors (Lipinski definition) is 1. The highest BCUT2D eigenvalue weighted by atomic mass is 19.4. The van der Waals surface area contributed by atoms with Gasteiger partial charge in [0.25, 0.3) is 0 Å². The van der Waals surface area contributed by atoms with Gasteiger partial charge in [0.1, 0.15) is 0 Å². The van der Waals surface area contributed by atoms with Crippen molar-refractivity contribution >= 4 is 0 Å². The van der Waals surface area contributed by atoms with Crippen LogP contribution in [0.25, 0.3) is 0 Å². The number of nitrogens with zero attached hydrogens (tertiary/aromatic N) is 3. The van der Waals surface area contributed by atoms with Crippen molar-refractivity contribution < 1.29 is 17.7 Å². The molecule has 2 rings (SSSR count). The zero-order chi connectivity index (χ0) is 13.9. The number of alkyl halides is 3.